The van der Waals surface area contributed by atoms with Gasteiger partial charge in [-0.15, -0.1) is 11.8 Å². The average Bonchev–Trinajstić information content (AvgIpc) is 2.69. The van der Waals surface area contributed by atoms with Crippen LogP contribution < -0.4 is 4.90 Å². The zero-order valence-corrected chi connectivity index (χ0v) is 15.6. The number of hydrogen-bond acceptors (Lipinski definition) is 4. The predicted octanol–water partition coefficient (Wildman–Crippen LogP) is 4.10. The highest BCUT2D eigenvalue weighted by Crippen LogP contribution is 2.50. The highest BCUT2D eigenvalue weighted by molar-refractivity contribution is 7.99. The van der Waals surface area contributed by atoms with Crippen molar-refractivity contribution in [2.75, 3.05) is 30.3 Å². The third-order valence-corrected chi connectivity index (χ3v) is 6.28. The number of thioether (sulfide) groups is 1. The Hall–Kier alpha value is -1.36. The fraction of sp³-hybridized carbons (Fsp3) is 0.632. The number of benzene rings is 1. The normalized spacial score (nSPS) is 25.8. The maximum Gasteiger partial charge on any atom is 0.410 e. The molecule has 0 aromatic heterocycles. The number of likely N-dealkylation sites (tertiary alicyclic amines) is 1. The van der Waals surface area contributed by atoms with Crippen molar-refractivity contribution in [3.63, 3.8) is 0 Å². The molecular formula is C19H26N2O2S. The van der Waals surface area contributed by atoms with Crippen molar-refractivity contribution in [2.24, 2.45) is 0 Å². The maximum absolute atomic E-state index is 12.5. The van der Waals surface area contributed by atoms with Gasteiger partial charge in [0.1, 0.15) is 5.60 Å². The zero-order chi connectivity index (χ0) is 16.9. The van der Waals surface area contributed by atoms with Gasteiger partial charge in [0.05, 0.1) is 5.69 Å². The highest BCUT2D eigenvalue weighted by atomic mass is 32.2. The molecule has 130 valence electrons. The minimum Gasteiger partial charge on any atom is -0.444 e. The fourth-order valence-corrected chi connectivity index (χ4v) is 5.27. The van der Waals surface area contributed by atoms with Gasteiger partial charge in [0, 0.05) is 36.5 Å². The standard InChI is InChI=1S/C19H26N2O2S/c1-19(2,3)23-18(22)20-10-8-15-14(12-20)13-6-4-7-16-17(13)21(15)9-5-11-24-16/h4,6-7,14-15H,5,8-12H2,1-3H3/t14-,15-/m1/s1. The Morgan fingerprint density at radius 2 is 2.12 bits per heavy atom. The van der Waals surface area contributed by atoms with Crippen molar-refractivity contribution in [3.8, 4) is 0 Å². The number of nitrogens with zero attached hydrogens (tertiary/aromatic N) is 2. The topological polar surface area (TPSA) is 32.8 Å². The molecule has 0 saturated carbocycles. The van der Waals surface area contributed by atoms with E-state index in [4.69, 9.17) is 4.74 Å². The summed E-state index contributed by atoms with van der Waals surface area (Å²) >= 11 is 1.98. The van der Waals surface area contributed by atoms with Gasteiger partial charge >= 0.3 is 6.09 Å². The number of carbonyl (C=O) groups is 1. The Morgan fingerprint density at radius 3 is 2.92 bits per heavy atom. The molecule has 0 unspecified atom stereocenters. The second-order valence-electron chi connectivity index (χ2n) is 7.98. The Labute approximate surface area is 148 Å². The first-order valence-corrected chi connectivity index (χ1v) is 9.93. The summed E-state index contributed by atoms with van der Waals surface area (Å²) in [6.45, 7) is 8.50. The maximum atomic E-state index is 12.5. The number of amides is 1. The molecule has 0 N–H and O–H groups in total. The van der Waals surface area contributed by atoms with Gasteiger partial charge in [-0.25, -0.2) is 4.79 Å². The van der Waals surface area contributed by atoms with Gasteiger partial charge in [-0.1, -0.05) is 12.1 Å². The van der Waals surface area contributed by atoms with Gasteiger partial charge in [0.2, 0.25) is 0 Å². The van der Waals surface area contributed by atoms with E-state index in [-0.39, 0.29) is 6.09 Å². The number of anilines is 1. The minimum absolute atomic E-state index is 0.168. The van der Waals surface area contributed by atoms with Gasteiger partial charge < -0.3 is 14.5 Å². The van der Waals surface area contributed by atoms with E-state index in [1.807, 2.05) is 37.4 Å². The quantitative estimate of drug-likeness (QED) is 0.708. The SMILES string of the molecule is CC(C)(C)OC(=O)N1CC[C@@H]2[C@H](C1)c1cccc3c1N2CCCS3. The van der Waals surface area contributed by atoms with Crippen molar-refractivity contribution in [2.45, 2.75) is 56.1 Å². The summed E-state index contributed by atoms with van der Waals surface area (Å²) in [4.78, 5) is 18.4. The predicted molar refractivity (Wildman–Crippen MR) is 98.1 cm³/mol. The molecule has 5 heteroatoms. The molecule has 3 heterocycles. The van der Waals surface area contributed by atoms with Crippen molar-refractivity contribution >= 4 is 23.5 Å². The minimum atomic E-state index is -0.432. The van der Waals surface area contributed by atoms with Crippen LogP contribution in [0.3, 0.4) is 0 Å². The number of fused-ring (bicyclic) bond motifs is 3. The highest BCUT2D eigenvalue weighted by Gasteiger charge is 2.44. The summed E-state index contributed by atoms with van der Waals surface area (Å²) in [7, 11) is 0. The molecule has 0 bridgehead atoms. The number of para-hydroxylation sites is 1. The molecule has 1 aromatic rings. The van der Waals surface area contributed by atoms with Crippen LogP contribution in [0.25, 0.3) is 0 Å². The van der Waals surface area contributed by atoms with E-state index in [1.54, 1.807) is 0 Å². The van der Waals surface area contributed by atoms with Gasteiger partial charge in [-0.3, -0.25) is 0 Å². The molecule has 0 radical (unpaired) electrons. The molecule has 2 atom stereocenters. The van der Waals surface area contributed by atoms with Crippen molar-refractivity contribution < 1.29 is 9.53 Å². The molecule has 1 saturated heterocycles. The third-order valence-electron chi connectivity index (χ3n) is 5.15. The summed E-state index contributed by atoms with van der Waals surface area (Å²) in [5.74, 6) is 1.62. The summed E-state index contributed by atoms with van der Waals surface area (Å²) < 4.78 is 5.59. The number of rotatable bonds is 0. The van der Waals surface area contributed by atoms with Crippen LogP contribution in [0, 0.1) is 0 Å². The molecule has 0 aliphatic carbocycles. The fourth-order valence-electron chi connectivity index (χ4n) is 4.23. The first kappa shape index (κ1) is 16.1. The molecule has 1 fully saturated rings. The number of ether oxygens (including phenoxy) is 1. The molecule has 24 heavy (non-hydrogen) atoms. The van der Waals surface area contributed by atoms with E-state index in [2.05, 4.69) is 23.1 Å². The summed E-state index contributed by atoms with van der Waals surface area (Å²) in [6.07, 6.45) is 2.10. The van der Waals surface area contributed by atoms with Crippen LogP contribution >= 0.6 is 11.8 Å². The molecule has 3 aliphatic heterocycles. The lowest BCUT2D eigenvalue weighted by Crippen LogP contribution is -2.49. The summed E-state index contributed by atoms with van der Waals surface area (Å²) in [5, 5.41) is 0. The first-order chi connectivity index (χ1) is 11.4. The number of hydrogen-bond donors (Lipinski definition) is 0. The molecule has 0 spiro atoms. The van der Waals surface area contributed by atoms with Gasteiger partial charge in [-0.2, -0.15) is 0 Å². The molecule has 3 aliphatic rings. The Balaban J connectivity index is 1.60. The van der Waals surface area contributed by atoms with Crippen molar-refractivity contribution in [1.82, 2.24) is 4.90 Å². The first-order valence-electron chi connectivity index (χ1n) is 8.94. The Bertz CT molecular complexity index is 655. The number of carbonyl (C=O) groups excluding carboxylic acids is 1. The van der Waals surface area contributed by atoms with Gasteiger partial charge in [0.15, 0.2) is 0 Å². The van der Waals surface area contributed by atoms with Crippen molar-refractivity contribution in [1.29, 1.82) is 0 Å². The van der Waals surface area contributed by atoms with Crippen LogP contribution in [0.15, 0.2) is 23.1 Å². The molecular weight excluding hydrogens is 320 g/mol. The molecule has 1 amide bonds. The van der Waals surface area contributed by atoms with E-state index < -0.39 is 5.60 Å². The van der Waals surface area contributed by atoms with Crippen LogP contribution in [0.1, 0.15) is 45.1 Å². The molecule has 1 aromatic carbocycles. The van der Waals surface area contributed by atoms with Crippen LogP contribution in [-0.4, -0.2) is 48.0 Å². The van der Waals surface area contributed by atoms with E-state index in [0.29, 0.717) is 12.0 Å². The van der Waals surface area contributed by atoms with E-state index >= 15 is 0 Å². The second-order valence-corrected chi connectivity index (χ2v) is 9.12. The van der Waals surface area contributed by atoms with Crippen molar-refractivity contribution in [3.05, 3.63) is 23.8 Å². The molecule has 4 rings (SSSR count). The lowest BCUT2D eigenvalue weighted by atomic mass is 9.89. The van der Waals surface area contributed by atoms with E-state index in [9.17, 15) is 4.79 Å². The lowest BCUT2D eigenvalue weighted by molar-refractivity contribution is 0.0189. The smallest absolute Gasteiger partial charge is 0.410 e. The monoisotopic (exact) mass is 346 g/mol. The largest absolute Gasteiger partial charge is 0.444 e. The van der Waals surface area contributed by atoms with Crippen LogP contribution in [-0.2, 0) is 4.74 Å². The third kappa shape index (κ3) is 2.77. The van der Waals surface area contributed by atoms with Crippen LogP contribution in [0.5, 0.6) is 0 Å². The average molecular weight is 346 g/mol. The summed E-state index contributed by atoms with van der Waals surface area (Å²) in [5.41, 5.74) is 2.44. The van der Waals surface area contributed by atoms with Crippen LogP contribution in [0.4, 0.5) is 10.5 Å². The number of piperidine rings is 1. The van der Waals surface area contributed by atoms with E-state index in [0.717, 1.165) is 26.1 Å². The van der Waals surface area contributed by atoms with Gasteiger partial charge in [0.25, 0.3) is 0 Å². The lowest BCUT2D eigenvalue weighted by Gasteiger charge is -2.39. The van der Waals surface area contributed by atoms with Gasteiger partial charge in [-0.05, 0) is 51.0 Å². The summed E-state index contributed by atoms with van der Waals surface area (Å²) in [6, 6.07) is 7.24. The Morgan fingerprint density at radius 1 is 1.29 bits per heavy atom. The molecule has 4 nitrogen and oxygen atoms in total. The zero-order valence-electron chi connectivity index (χ0n) is 14.7. The second kappa shape index (κ2) is 5.87. The Kier molecular flexibility index (Phi) is 3.94. The van der Waals surface area contributed by atoms with Crippen LogP contribution in [0.2, 0.25) is 0 Å². The van der Waals surface area contributed by atoms with E-state index in [1.165, 1.54) is 28.3 Å².